The smallest absolute Gasteiger partial charge is 1.00 e. The van der Waals surface area contributed by atoms with Crippen molar-refractivity contribution < 1.29 is 51.6 Å². The van der Waals surface area contributed by atoms with Gasteiger partial charge in [-0.25, -0.2) is 0 Å². The van der Waals surface area contributed by atoms with Crippen LogP contribution in [0.25, 0.3) is 0 Å². The van der Waals surface area contributed by atoms with Crippen molar-refractivity contribution in [3.05, 3.63) is 5.92 Å². The quantitative estimate of drug-likeness (QED) is 0.357. The average Bonchev–Trinajstić information content (AvgIpc) is 0.811. The van der Waals surface area contributed by atoms with Crippen LogP contribution in [0, 0.1) is 5.92 Å². The van der Waals surface area contributed by atoms with Crippen LogP contribution in [0.2, 0.25) is 0 Å². The fraction of sp³-hybridized carbons (Fsp3) is 0.750. The van der Waals surface area contributed by atoms with Gasteiger partial charge in [0.15, 0.2) is 0 Å². The Kier molecular flexibility index (Phi) is 25.6. The second-order valence-corrected chi connectivity index (χ2v) is 1.50. The molecule has 0 atom stereocenters. The SMILES string of the molecule is C[C](C)C.[Hg+].[I-]. The van der Waals surface area contributed by atoms with Gasteiger partial charge in [-0.05, 0) is 5.92 Å². The van der Waals surface area contributed by atoms with Crippen LogP contribution < -0.4 is 24.0 Å². The molecule has 6 heavy (non-hydrogen) atoms. The summed E-state index contributed by atoms with van der Waals surface area (Å²) in [6.07, 6.45) is 0. The molecular formula is C4H9HgI. The van der Waals surface area contributed by atoms with E-state index in [2.05, 4.69) is 20.8 Å². The van der Waals surface area contributed by atoms with Crippen LogP contribution in [0.15, 0.2) is 0 Å². The van der Waals surface area contributed by atoms with Crippen LogP contribution in [-0.4, -0.2) is 0 Å². The van der Waals surface area contributed by atoms with E-state index in [0.717, 1.165) is 0 Å². The monoisotopic (exact) mass is 386 g/mol. The van der Waals surface area contributed by atoms with E-state index >= 15 is 0 Å². The van der Waals surface area contributed by atoms with Gasteiger partial charge in [-0.15, -0.1) is 0 Å². The van der Waals surface area contributed by atoms with Gasteiger partial charge >= 0.3 is 27.7 Å². The van der Waals surface area contributed by atoms with Gasteiger partial charge in [0.1, 0.15) is 0 Å². The molecule has 0 aromatic heterocycles. The van der Waals surface area contributed by atoms with E-state index in [-0.39, 0.29) is 51.6 Å². The summed E-state index contributed by atoms with van der Waals surface area (Å²) in [6, 6.07) is 0. The van der Waals surface area contributed by atoms with Gasteiger partial charge in [0.25, 0.3) is 0 Å². The van der Waals surface area contributed by atoms with Crippen molar-refractivity contribution in [3.63, 3.8) is 0 Å². The summed E-state index contributed by atoms with van der Waals surface area (Å²) in [5.74, 6) is 1.42. The molecular weight excluding hydrogens is 376 g/mol. The Labute approximate surface area is 77.6 Å². The summed E-state index contributed by atoms with van der Waals surface area (Å²) in [5.41, 5.74) is 0. The fourth-order valence-electron chi connectivity index (χ4n) is 0. The van der Waals surface area contributed by atoms with Gasteiger partial charge in [0, 0.05) is 0 Å². The van der Waals surface area contributed by atoms with Crippen molar-refractivity contribution in [3.8, 4) is 0 Å². The zero-order valence-electron chi connectivity index (χ0n) is 4.59. The molecule has 0 aliphatic heterocycles. The van der Waals surface area contributed by atoms with Crippen molar-refractivity contribution >= 4 is 0 Å². The topological polar surface area (TPSA) is 0 Å². The molecule has 0 saturated carbocycles. The van der Waals surface area contributed by atoms with Crippen LogP contribution in [0.1, 0.15) is 20.8 Å². The molecule has 0 aliphatic rings. The second-order valence-electron chi connectivity index (χ2n) is 1.50. The molecule has 0 saturated heterocycles. The summed E-state index contributed by atoms with van der Waals surface area (Å²) in [6.45, 7) is 6.25. The van der Waals surface area contributed by atoms with Crippen LogP contribution in [0.5, 0.6) is 0 Å². The zero-order chi connectivity index (χ0) is 3.58. The Morgan fingerprint density at radius 1 is 1.00 bits per heavy atom. The maximum Gasteiger partial charge on any atom is 1.00 e. The normalized spacial score (nSPS) is 6.00. The molecule has 0 fully saturated rings. The number of rotatable bonds is 0. The number of halogens is 1. The van der Waals surface area contributed by atoms with E-state index in [4.69, 9.17) is 0 Å². The van der Waals surface area contributed by atoms with E-state index in [9.17, 15) is 0 Å². The molecule has 0 amide bonds. The summed E-state index contributed by atoms with van der Waals surface area (Å²) >= 11 is 0. The Hall–Kier alpha value is 1.67. The fourth-order valence-corrected chi connectivity index (χ4v) is 0. The van der Waals surface area contributed by atoms with Crippen LogP contribution in [-0.2, 0) is 27.7 Å². The van der Waals surface area contributed by atoms with Gasteiger partial charge in [-0.1, -0.05) is 20.8 Å². The van der Waals surface area contributed by atoms with Gasteiger partial charge in [0.05, 0.1) is 0 Å². The van der Waals surface area contributed by atoms with Crippen molar-refractivity contribution in [1.29, 1.82) is 0 Å². The second kappa shape index (κ2) is 9.83. The van der Waals surface area contributed by atoms with Crippen LogP contribution in [0.3, 0.4) is 0 Å². The van der Waals surface area contributed by atoms with Gasteiger partial charge in [-0.2, -0.15) is 0 Å². The largest absolute Gasteiger partial charge is 1.00 e. The van der Waals surface area contributed by atoms with E-state index in [1.807, 2.05) is 0 Å². The maximum atomic E-state index is 2.08. The molecule has 0 spiro atoms. The van der Waals surface area contributed by atoms with Gasteiger partial charge < -0.3 is 24.0 Å². The first-order valence-corrected chi connectivity index (χ1v) is 1.50. The Morgan fingerprint density at radius 2 is 1.00 bits per heavy atom. The standard InChI is InChI=1S/C4H9.Hg.HI/c1-4(2)3;;/h1-3H3;;1H/q;+1;/p-1. The van der Waals surface area contributed by atoms with Crippen LogP contribution >= 0.6 is 0 Å². The summed E-state index contributed by atoms with van der Waals surface area (Å²) in [5, 5.41) is 0. The Bertz CT molecular complexity index is 12.3. The average molecular weight is 385 g/mol. The molecule has 0 aromatic carbocycles. The van der Waals surface area contributed by atoms with Gasteiger partial charge in [0.2, 0.25) is 0 Å². The van der Waals surface area contributed by atoms with Crippen molar-refractivity contribution in [2.75, 3.05) is 0 Å². The molecule has 0 rings (SSSR count). The van der Waals surface area contributed by atoms with E-state index < -0.39 is 0 Å². The molecule has 0 nitrogen and oxygen atoms in total. The van der Waals surface area contributed by atoms with E-state index in [1.165, 1.54) is 5.92 Å². The summed E-state index contributed by atoms with van der Waals surface area (Å²) < 4.78 is 0. The van der Waals surface area contributed by atoms with E-state index in [0.29, 0.717) is 0 Å². The first-order valence-electron chi connectivity index (χ1n) is 1.50. The first kappa shape index (κ1) is 15.6. The van der Waals surface area contributed by atoms with Crippen molar-refractivity contribution in [1.82, 2.24) is 0 Å². The third kappa shape index (κ3) is 44.5. The van der Waals surface area contributed by atoms with Crippen molar-refractivity contribution in [2.45, 2.75) is 20.8 Å². The molecule has 0 bridgehead atoms. The molecule has 34 valence electrons. The predicted molar refractivity (Wildman–Crippen MR) is 20.3 cm³/mol. The Balaban J connectivity index is -0.0000000450. The molecule has 0 aromatic rings. The molecule has 0 N–H and O–H groups in total. The van der Waals surface area contributed by atoms with Gasteiger partial charge in [-0.3, -0.25) is 0 Å². The van der Waals surface area contributed by atoms with Crippen molar-refractivity contribution in [2.24, 2.45) is 0 Å². The maximum absolute atomic E-state index is 2.08. The number of hydrogen-bond acceptors (Lipinski definition) is 0. The summed E-state index contributed by atoms with van der Waals surface area (Å²) in [4.78, 5) is 0. The third-order valence-electron chi connectivity index (χ3n) is 0. The first-order chi connectivity index (χ1) is 1.73. The minimum absolute atomic E-state index is 0. The molecule has 0 aliphatic carbocycles. The molecule has 0 heterocycles. The minimum Gasteiger partial charge on any atom is -1.00 e. The van der Waals surface area contributed by atoms with Crippen LogP contribution in [0.4, 0.5) is 0 Å². The molecule has 0 unspecified atom stereocenters. The molecule has 2 radical (unpaired) electrons. The zero-order valence-corrected chi connectivity index (χ0v) is 12.2. The number of hydrogen-bond donors (Lipinski definition) is 0. The van der Waals surface area contributed by atoms with E-state index in [1.54, 1.807) is 0 Å². The molecule has 2 heteroatoms. The summed E-state index contributed by atoms with van der Waals surface area (Å²) in [7, 11) is 0. The predicted octanol–water partition coefficient (Wildman–Crippen LogP) is -1.38. The third-order valence-corrected chi connectivity index (χ3v) is 0. The minimum atomic E-state index is 0. The Morgan fingerprint density at radius 3 is 1.00 bits per heavy atom.